The van der Waals surface area contributed by atoms with Gasteiger partial charge in [0.15, 0.2) is 0 Å². The lowest BCUT2D eigenvalue weighted by molar-refractivity contribution is -0.126. The predicted octanol–water partition coefficient (Wildman–Crippen LogP) is 5.69. The molecule has 4 aromatic rings. The van der Waals surface area contributed by atoms with Crippen LogP contribution in [0.2, 0.25) is 0 Å². The first kappa shape index (κ1) is 25.8. The summed E-state index contributed by atoms with van der Waals surface area (Å²) in [5.74, 6) is -0.212. The average Bonchev–Trinajstić information content (AvgIpc) is 3.63. The molecule has 2 aromatic heterocycles. The molecule has 6 rings (SSSR count). The lowest BCUT2D eigenvalue weighted by atomic mass is 10.0. The normalized spacial score (nSPS) is 22.1. The molecule has 39 heavy (non-hydrogen) atoms. The summed E-state index contributed by atoms with van der Waals surface area (Å²) >= 11 is 1.13. The van der Waals surface area contributed by atoms with Crippen molar-refractivity contribution in [3.8, 4) is 10.7 Å². The molecule has 0 radical (unpaired) electrons. The number of aromatic nitrogens is 2. The van der Waals surface area contributed by atoms with Crippen LogP contribution in [0.5, 0.6) is 0 Å². The van der Waals surface area contributed by atoms with Crippen LogP contribution in [0.15, 0.2) is 53.1 Å². The summed E-state index contributed by atoms with van der Waals surface area (Å²) in [6.07, 6.45) is -6.04. The Morgan fingerprint density at radius 3 is 2.74 bits per heavy atom. The van der Waals surface area contributed by atoms with Crippen LogP contribution in [0.1, 0.15) is 30.2 Å². The molecule has 204 valence electrons. The summed E-state index contributed by atoms with van der Waals surface area (Å²) in [4.78, 5) is 19.0. The fourth-order valence-corrected chi connectivity index (χ4v) is 6.47. The van der Waals surface area contributed by atoms with Gasteiger partial charge in [0, 0.05) is 25.2 Å². The minimum Gasteiger partial charge on any atom is -0.378 e. The van der Waals surface area contributed by atoms with Gasteiger partial charge in [-0.05, 0) is 42.1 Å². The van der Waals surface area contributed by atoms with Gasteiger partial charge in [-0.1, -0.05) is 35.5 Å². The minimum atomic E-state index is -4.47. The Labute approximate surface area is 225 Å². The summed E-state index contributed by atoms with van der Waals surface area (Å²) in [5.41, 5.74) is 1.38. The number of hydrogen-bond acceptors (Lipinski definition) is 7. The number of anilines is 2. The quantitative estimate of drug-likeness (QED) is 0.296. The number of benzene rings is 2. The predicted molar refractivity (Wildman–Crippen MR) is 141 cm³/mol. The second-order valence-electron chi connectivity index (χ2n) is 9.84. The van der Waals surface area contributed by atoms with Crippen molar-refractivity contribution >= 4 is 38.7 Å². The number of halogens is 4. The number of thiophene rings is 1. The highest BCUT2D eigenvalue weighted by Gasteiger charge is 2.37. The number of nitrogens with one attached hydrogen (secondary N) is 2. The average molecular weight is 560 g/mol. The zero-order valence-electron chi connectivity index (χ0n) is 20.7. The summed E-state index contributed by atoms with van der Waals surface area (Å²) in [7, 11) is 0. The highest BCUT2D eigenvalue weighted by Crippen LogP contribution is 2.44. The first-order chi connectivity index (χ1) is 18.8. The van der Waals surface area contributed by atoms with Gasteiger partial charge in [-0.15, -0.1) is 11.3 Å². The topological polar surface area (TPSA) is 83.3 Å². The monoisotopic (exact) mass is 559 g/mol. The standard InChI is InChI=1S/C27H25F4N5O2S/c28-19-13-32-10-9-20(19)33-21-8-4-7-17-18(12-27(29,30)31)24(39-23(17)21)25-34-26(38-35-25)15-11-22(37)36(14-15)16-5-2-1-3-6-16/h1-8,15,19-20,32-33H,9-14H2/t15?,19-,20+/m0/s1. The van der Waals surface area contributed by atoms with Gasteiger partial charge in [-0.3, -0.25) is 4.79 Å². The van der Waals surface area contributed by atoms with E-state index in [9.17, 15) is 22.4 Å². The van der Waals surface area contributed by atoms with Gasteiger partial charge in [0.1, 0.15) is 6.17 Å². The van der Waals surface area contributed by atoms with Gasteiger partial charge >= 0.3 is 6.18 Å². The number of carbonyl (C=O) groups excluding carboxylic acids is 1. The highest BCUT2D eigenvalue weighted by atomic mass is 32.1. The van der Waals surface area contributed by atoms with E-state index in [1.807, 2.05) is 30.3 Å². The van der Waals surface area contributed by atoms with Gasteiger partial charge in [-0.2, -0.15) is 18.2 Å². The number of para-hydroxylation sites is 1. The number of carbonyl (C=O) groups is 1. The van der Waals surface area contributed by atoms with Crippen LogP contribution < -0.4 is 15.5 Å². The molecule has 0 aliphatic carbocycles. The maximum atomic E-state index is 14.5. The fraction of sp³-hybridized carbons (Fsp3) is 0.370. The van der Waals surface area contributed by atoms with E-state index in [4.69, 9.17) is 4.52 Å². The molecule has 0 saturated carbocycles. The Kier molecular flexibility index (Phi) is 6.76. The van der Waals surface area contributed by atoms with Crippen LogP contribution in [-0.2, 0) is 11.2 Å². The number of fused-ring (bicyclic) bond motifs is 1. The van der Waals surface area contributed by atoms with Crippen LogP contribution >= 0.6 is 11.3 Å². The molecule has 7 nitrogen and oxygen atoms in total. The third kappa shape index (κ3) is 5.22. The van der Waals surface area contributed by atoms with Crippen molar-refractivity contribution in [3.05, 3.63) is 60.0 Å². The number of rotatable bonds is 6. The summed E-state index contributed by atoms with van der Waals surface area (Å²) < 4.78 is 61.6. The van der Waals surface area contributed by atoms with Crippen LogP contribution in [0.3, 0.4) is 0 Å². The Hall–Kier alpha value is -3.51. The molecule has 12 heteroatoms. The van der Waals surface area contributed by atoms with Crippen LogP contribution in [0.25, 0.3) is 20.8 Å². The van der Waals surface area contributed by atoms with E-state index in [2.05, 4.69) is 20.8 Å². The second-order valence-corrected chi connectivity index (χ2v) is 10.9. The van der Waals surface area contributed by atoms with Gasteiger partial charge < -0.3 is 20.1 Å². The van der Waals surface area contributed by atoms with Gasteiger partial charge in [0.2, 0.25) is 17.6 Å². The molecule has 2 aromatic carbocycles. The first-order valence-corrected chi connectivity index (χ1v) is 13.5. The third-order valence-electron chi connectivity index (χ3n) is 7.13. The highest BCUT2D eigenvalue weighted by molar-refractivity contribution is 7.23. The molecule has 2 N–H and O–H groups in total. The number of nitrogens with zero attached hydrogens (tertiary/aromatic N) is 3. The van der Waals surface area contributed by atoms with E-state index in [1.165, 1.54) is 0 Å². The van der Waals surface area contributed by atoms with Gasteiger partial charge in [0.25, 0.3) is 0 Å². The summed E-state index contributed by atoms with van der Waals surface area (Å²) in [6.45, 7) is 1.21. The van der Waals surface area contributed by atoms with E-state index in [1.54, 1.807) is 23.1 Å². The van der Waals surface area contributed by atoms with E-state index >= 15 is 0 Å². The van der Waals surface area contributed by atoms with Crippen LogP contribution in [-0.4, -0.2) is 54.1 Å². The Morgan fingerprint density at radius 2 is 1.97 bits per heavy atom. The zero-order valence-corrected chi connectivity index (χ0v) is 21.5. The van der Waals surface area contributed by atoms with Crippen molar-refractivity contribution in [3.63, 3.8) is 0 Å². The van der Waals surface area contributed by atoms with E-state index in [0.29, 0.717) is 35.3 Å². The molecule has 4 heterocycles. The first-order valence-electron chi connectivity index (χ1n) is 12.7. The molecule has 2 aliphatic rings. The Bertz CT molecular complexity index is 1490. The van der Waals surface area contributed by atoms with Crippen molar-refractivity contribution in [1.82, 2.24) is 15.5 Å². The lowest BCUT2D eigenvalue weighted by Gasteiger charge is -2.28. The fourth-order valence-electron chi connectivity index (χ4n) is 5.25. The largest absolute Gasteiger partial charge is 0.393 e. The van der Waals surface area contributed by atoms with Crippen molar-refractivity contribution in [2.24, 2.45) is 0 Å². The van der Waals surface area contributed by atoms with Crippen LogP contribution in [0, 0.1) is 0 Å². The SMILES string of the molecule is O=C1CC(c2nc(-c3sc4c(N[C@@H]5CCNC[C@@H]5F)cccc4c3CC(F)(F)F)no2)CN1c1ccccc1. The number of piperidine rings is 1. The van der Waals surface area contributed by atoms with Gasteiger partial charge in [-0.25, -0.2) is 4.39 Å². The van der Waals surface area contributed by atoms with Crippen molar-refractivity contribution in [1.29, 1.82) is 0 Å². The molecule has 3 atom stereocenters. The Morgan fingerprint density at radius 1 is 1.15 bits per heavy atom. The lowest BCUT2D eigenvalue weighted by Crippen LogP contribution is -2.45. The molecule has 2 aliphatic heterocycles. The molecule has 0 spiro atoms. The van der Waals surface area contributed by atoms with Crippen molar-refractivity contribution in [2.45, 2.75) is 43.6 Å². The Balaban J connectivity index is 1.34. The smallest absolute Gasteiger partial charge is 0.378 e. The molecule has 2 fully saturated rings. The molecule has 0 bridgehead atoms. The van der Waals surface area contributed by atoms with Crippen LogP contribution in [0.4, 0.5) is 28.9 Å². The molecule has 2 saturated heterocycles. The third-order valence-corrected chi connectivity index (χ3v) is 8.41. The number of hydrogen-bond donors (Lipinski definition) is 2. The van der Waals surface area contributed by atoms with E-state index < -0.39 is 24.8 Å². The maximum absolute atomic E-state index is 14.5. The van der Waals surface area contributed by atoms with Crippen molar-refractivity contribution in [2.75, 3.05) is 29.9 Å². The second kappa shape index (κ2) is 10.2. The molecular formula is C27H25F4N5O2S. The summed E-state index contributed by atoms with van der Waals surface area (Å²) in [5, 5.41) is 10.7. The molecule has 1 unspecified atom stereocenters. The summed E-state index contributed by atoms with van der Waals surface area (Å²) in [6, 6.07) is 13.8. The number of alkyl halides is 4. The van der Waals surface area contributed by atoms with Gasteiger partial charge in [0.05, 0.1) is 33.6 Å². The maximum Gasteiger partial charge on any atom is 0.393 e. The number of amides is 1. The molecular weight excluding hydrogens is 534 g/mol. The molecule has 1 amide bonds. The zero-order chi connectivity index (χ0) is 27.1. The van der Waals surface area contributed by atoms with Crippen molar-refractivity contribution < 1.29 is 26.9 Å². The minimum absolute atomic E-state index is 0.0484. The van der Waals surface area contributed by atoms with E-state index in [0.717, 1.165) is 17.0 Å². The van der Waals surface area contributed by atoms with E-state index in [-0.39, 0.29) is 46.9 Å².